The van der Waals surface area contributed by atoms with E-state index in [1.165, 1.54) is 36.4 Å². The Kier molecular flexibility index (Phi) is 10.1. The molecular formula is C29H29FN2O6S. The highest BCUT2D eigenvalue weighted by Gasteiger charge is 2.41. The lowest BCUT2D eigenvalue weighted by Gasteiger charge is -2.29. The minimum Gasteiger partial charge on any atom is -0.467 e. The van der Waals surface area contributed by atoms with Crippen LogP contribution in [0.15, 0.2) is 107 Å². The van der Waals surface area contributed by atoms with E-state index in [0.29, 0.717) is 18.1 Å². The molecule has 0 aliphatic rings. The topological polar surface area (TPSA) is 119 Å². The average molecular weight is 553 g/mol. The Morgan fingerprint density at radius 1 is 0.821 bits per heavy atom. The van der Waals surface area contributed by atoms with Crippen molar-refractivity contribution in [2.45, 2.75) is 29.7 Å². The van der Waals surface area contributed by atoms with E-state index >= 15 is 4.39 Å². The first kappa shape index (κ1) is 29.2. The molecule has 204 valence electrons. The van der Waals surface area contributed by atoms with E-state index in [-0.39, 0.29) is 35.8 Å². The first-order valence-corrected chi connectivity index (χ1v) is 13.7. The van der Waals surface area contributed by atoms with Crippen molar-refractivity contribution in [3.63, 3.8) is 0 Å². The summed E-state index contributed by atoms with van der Waals surface area (Å²) in [5, 5.41) is 3.64. The first-order chi connectivity index (χ1) is 18.7. The van der Waals surface area contributed by atoms with Gasteiger partial charge in [0.25, 0.3) is 11.8 Å². The van der Waals surface area contributed by atoms with Gasteiger partial charge in [-0.25, -0.2) is 13.2 Å². The van der Waals surface area contributed by atoms with E-state index in [4.69, 9.17) is 4.74 Å². The number of ether oxygens (including phenoxy) is 1. The molecule has 0 aliphatic heterocycles. The van der Waals surface area contributed by atoms with Crippen LogP contribution in [0.2, 0.25) is 0 Å². The molecule has 2 N–H and O–H groups in total. The maximum atomic E-state index is 15.4. The van der Waals surface area contributed by atoms with Crippen LogP contribution in [0.4, 0.5) is 4.39 Å². The highest BCUT2D eigenvalue weighted by molar-refractivity contribution is 7.95. The lowest BCUT2D eigenvalue weighted by molar-refractivity contribution is -0.146. The molecule has 2 amide bonds. The first-order valence-electron chi connectivity index (χ1n) is 12.2. The van der Waals surface area contributed by atoms with Gasteiger partial charge in [-0.05, 0) is 55.7 Å². The number of halogens is 1. The van der Waals surface area contributed by atoms with Gasteiger partial charge in [0.2, 0.25) is 15.0 Å². The molecule has 8 nitrogen and oxygen atoms in total. The molecule has 3 aromatic carbocycles. The van der Waals surface area contributed by atoms with Gasteiger partial charge >= 0.3 is 5.97 Å². The molecule has 0 aliphatic carbocycles. The van der Waals surface area contributed by atoms with E-state index in [2.05, 4.69) is 10.6 Å². The Hall–Kier alpha value is -4.31. The molecule has 39 heavy (non-hydrogen) atoms. The summed E-state index contributed by atoms with van der Waals surface area (Å²) in [6, 6.07) is 23.4. The molecule has 3 rings (SSSR count). The normalized spacial score (nSPS) is 13.1. The second kappa shape index (κ2) is 13.5. The number of carbonyl (C=O) groups excluding carboxylic acids is 3. The summed E-state index contributed by atoms with van der Waals surface area (Å²) < 4.78 is 46.1. The Labute approximate surface area is 226 Å². The largest absolute Gasteiger partial charge is 0.467 e. The Morgan fingerprint density at radius 3 is 1.87 bits per heavy atom. The quantitative estimate of drug-likeness (QED) is 0.257. The zero-order chi connectivity index (χ0) is 28.3. The molecule has 0 saturated carbocycles. The maximum absolute atomic E-state index is 15.4. The van der Waals surface area contributed by atoms with Crippen molar-refractivity contribution in [1.82, 2.24) is 10.6 Å². The van der Waals surface area contributed by atoms with Gasteiger partial charge in [0.15, 0.2) is 5.54 Å². The van der Waals surface area contributed by atoms with Gasteiger partial charge in [-0.2, -0.15) is 4.39 Å². The molecule has 0 unspecified atom stereocenters. The smallest absolute Gasteiger partial charge is 0.335 e. The molecular weight excluding hydrogens is 523 g/mol. The van der Waals surface area contributed by atoms with Crippen LogP contribution in [0, 0.1) is 0 Å². The summed E-state index contributed by atoms with van der Waals surface area (Å²) in [4.78, 5) is 38.1. The van der Waals surface area contributed by atoms with Gasteiger partial charge in [-0.1, -0.05) is 54.6 Å². The number of rotatable bonds is 12. The summed E-state index contributed by atoms with van der Waals surface area (Å²) in [5.41, 5.74) is -1.48. The van der Waals surface area contributed by atoms with Crippen LogP contribution in [-0.4, -0.2) is 45.4 Å². The zero-order valence-electron chi connectivity index (χ0n) is 21.3. The minimum atomic E-state index is -4.61. The van der Waals surface area contributed by atoms with Gasteiger partial charge in [0.1, 0.15) is 0 Å². The van der Waals surface area contributed by atoms with E-state index in [0.717, 1.165) is 7.11 Å². The third-order valence-electron chi connectivity index (χ3n) is 5.91. The molecule has 0 saturated heterocycles. The monoisotopic (exact) mass is 552 g/mol. The Balaban J connectivity index is 1.87. The van der Waals surface area contributed by atoms with Crippen LogP contribution in [0.3, 0.4) is 0 Å². The minimum absolute atomic E-state index is 0.181. The maximum Gasteiger partial charge on any atom is 0.335 e. The molecule has 10 heteroatoms. The molecule has 0 radical (unpaired) electrons. The molecule has 0 heterocycles. The van der Waals surface area contributed by atoms with E-state index in [1.807, 2.05) is 0 Å². The fourth-order valence-corrected chi connectivity index (χ4v) is 4.93. The van der Waals surface area contributed by atoms with E-state index < -0.39 is 32.4 Å². The summed E-state index contributed by atoms with van der Waals surface area (Å²) in [6.07, 6.45) is 0.940. The third kappa shape index (κ3) is 7.61. The number of unbranched alkanes of at least 4 members (excludes halogenated alkanes) is 1. The number of sulfone groups is 1. The van der Waals surface area contributed by atoms with Crippen molar-refractivity contribution >= 4 is 27.6 Å². The van der Waals surface area contributed by atoms with Gasteiger partial charge < -0.3 is 15.4 Å². The van der Waals surface area contributed by atoms with Crippen molar-refractivity contribution in [2.75, 3.05) is 13.7 Å². The predicted octanol–water partition coefficient (Wildman–Crippen LogP) is 4.21. The van der Waals surface area contributed by atoms with Crippen molar-refractivity contribution in [2.24, 2.45) is 0 Å². The number of esters is 1. The fraction of sp³-hybridized carbons (Fsp3) is 0.207. The van der Waals surface area contributed by atoms with Crippen molar-refractivity contribution in [3.8, 4) is 0 Å². The van der Waals surface area contributed by atoms with Crippen LogP contribution in [0.25, 0.3) is 0 Å². The molecule has 1 atom stereocenters. The lowest BCUT2D eigenvalue weighted by Crippen LogP contribution is -2.54. The number of hydrogen-bond acceptors (Lipinski definition) is 6. The summed E-state index contributed by atoms with van der Waals surface area (Å²) in [5.74, 6) is -2.05. The van der Waals surface area contributed by atoms with Crippen LogP contribution in [0.1, 0.15) is 40.0 Å². The number of carbonyl (C=O) groups is 3. The summed E-state index contributed by atoms with van der Waals surface area (Å²) >= 11 is 0. The van der Waals surface area contributed by atoms with Crippen molar-refractivity contribution in [1.29, 1.82) is 0 Å². The zero-order valence-corrected chi connectivity index (χ0v) is 22.1. The highest BCUT2D eigenvalue weighted by atomic mass is 32.2. The van der Waals surface area contributed by atoms with Crippen LogP contribution >= 0.6 is 0 Å². The van der Waals surface area contributed by atoms with Gasteiger partial charge in [-0.3, -0.25) is 9.59 Å². The van der Waals surface area contributed by atoms with Crippen LogP contribution < -0.4 is 10.6 Å². The van der Waals surface area contributed by atoms with E-state index in [1.54, 1.807) is 54.6 Å². The molecule has 0 bridgehead atoms. The third-order valence-corrected chi connectivity index (χ3v) is 7.44. The second-order valence-electron chi connectivity index (χ2n) is 8.63. The lowest BCUT2D eigenvalue weighted by atomic mass is 9.91. The number of amides is 2. The van der Waals surface area contributed by atoms with E-state index in [9.17, 15) is 22.8 Å². The van der Waals surface area contributed by atoms with Crippen LogP contribution in [0.5, 0.6) is 0 Å². The molecule has 0 spiro atoms. The highest BCUT2D eigenvalue weighted by Crippen LogP contribution is 2.27. The number of methoxy groups -OCH3 is 1. The average Bonchev–Trinajstić information content (AvgIpc) is 2.97. The van der Waals surface area contributed by atoms with Gasteiger partial charge in [0, 0.05) is 23.7 Å². The standard InChI is InChI=1S/C29H29FN2O6S/c1-38-28(35)29(32-27(34)23-15-7-3-8-16-23,21-25(30)39(36,37)24-17-9-4-10-18-24)19-11-12-20-31-26(33)22-13-5-2-6-14-22/h2-10,13-18,21H,11-12,19-20H2,1H3,(H,31,33)(H,32,34)/b25-21+/t29-/m1/s1. The number of benzene rings is 3. The molecule has 0 aromatic heterocycles. The summed E-state index contributed by atoms with van der Waals surface area (Å²) in [6.45, 7) is 0.228. The Morgan fingerprint density at radius 2 is 1.33 bits per heavy atom. The number of nitrogens with one attached hydrogen (secondary N) is 2. The summed E-state index contributed by atoms with van der Waals surface area (Å²) in [7, 11) is -3.55. The van der Waals surface area contributed by atoms with Gasteiger partial charge in [-0.15, -0.1) is 0 Å². The predicted molar refractivity (Wildman–Crippen MR) is 144 cm³/mol. The number of hydrogen-bond donors (Lipinski definition) is 2. The molecule has 3 aromatic rings. The SMILES string of the molecule is COC(=O)[C@](/C=C(\F)S(=O)(=O)c1ccccc1)(CCCCNC(=O)c1ccccc1)NC(=O)c1ccccc1. The van der Waals surface area contributed by atoms with Crippen molar-refractivity contribution in [3.05, 3.63) is 113 Å². The second-order valence-corrected chi connectivity index (χ2v) is 10.5. The molecule has 0 fully saturated rings. The fourth-order valence-electron chi connectivity index (χ4n) is 3.84. The van der Waals surface area contributed by atoms with Crippen molar-refractivity contribution < 1.29 is 31.9 Å². The Bertz CT molecular complexity index is 1410. The van der Waals surface area contributed by atoms with Gasteiger partial charge in [0.05, 0.1) is 12.0 Å². The van der Waals surface area contributed by atoms with Crippen LogP contribution in [-0.2, 0) is 19.4 Å².